The van der Waals surface area contributed by atoms with Crippen LogP contribution in [0.3, 0.4) is 0 Å². The van der Waals surface area contributed by atoms with Gasteiger partial charge in [0.25, 0.3) is 0 Å². The molecule has 3 aromatic rings. The number of rotatable bonds is 6. The van der Waals surface area contributed by atoms with Gasteiger partial charge in [-0.2, -0.15) is 4.31 Å². The first-order valence-corrected chi connectivity index (χ1v) is 12.5. The molecule has 0 saturated heterocycles. The van der Waals surface area contributed by atoms with Crippen LogP contribution >= 0.6 is 11.3 Å². The van der Waals surface area contributed by atoms with Crippen LogP contribution in [-0.2, 0) is 39.0 Å². The number of aryl methyl sites for hydroxylation is 2. The largest absolute Gasteiger partial charge is 0.456 e. The highest BCUT2D eigenvalue weighted by Crippen LogP contribution is 2.37. The quantitative estimate of drug-likeness (QED) is 0.428. The van der Waals surface area contributed by atoms with Gasteiger partial charge in [-0.3, -0.25) is 4.79 Å². The number of hydrogen-bond donors (Lipinski definition) is 1. The van der Waals surface area contributed by atoms with Crippen LogP contribution in [0.25, 0.3) is 10.2 Å². The molecule has 0 radical (unpaired) electrons. The van der Waals surface area contributed by atoms with E-state index < -0.39 is 28.4 Å². The van der Waals surface area contributed by atoms with Crippen molar-refractivity contribution < 1.29 is 22.3 Å². The lowest BCUT2D eigenvalue weighted by Crippen LogP contribution is -2.33. The molecule has 32 heavy (non-hydrogen) atoms. The maximum atomic E-state index is 13.1. The maximum Gasteiger partial charge on any atom is 0.321 e. The highest BCUT2D eigenvalue weighted by Gasteiger charge is 2.24. The summed E-state index contributed by atoms with van der Waals surface area (Å²) in [6.07, 6.45) is 5.43. The molecule has 1 aliphatic rings. The van der Waals surface area contributed by atoms with E-state index in [0.29, 0.717) is 5.82 Å². The predicted octanol–water partition coefficient (Wildman–Crippen LogP) is 3.05. The first-order valence-electron chi connectivity index (χ1n) is 10.2. The van der Waals surface area contributed by atoms with E-state index in [9.17, 15) is 17.6 Å². The highest BCUT2D eigenvalue weighted by atomic mass is 32.2. The Labute approximate surface area is 189 Å². The number of hydrogen-bond acceptors (Lipinski definition) is 8. The average Bonchev–Trinajstić information content (AvgIpc) is 2.94. The second-order valence-corrected chi connectivity index (χ2v) is 10.8. The molecule has 1 aliphatic carbocycles. The summed E-state index contributed by atoms with van der Waals surface area (Å²) >= 11 is 1.60. The highest BCUT2D eigenvalue weighted by molar-refractivity contribution is 7.89. The van der Waals surface area contributed by atoms with Gasteiger partial charge in [0.05, 0.1) is 10.3 Å². The third-order valence-electron chi connectivity index (χ3n) is 5.37. The summed E-state index contributed by atoms with van der Waals surface area (Å²) in [5.74, 6) is -0.674. The van der Waals surface area contributed by atoms with Gasteiger partial charge in [0.1, 0.15) is 23.0 Å². The van der Waals surface area contributed by atoms with Crippen molar-refractivity contribution in [1.82, 2.24) is 14.3 Å². The molecule has 0 unspecified atom stereocenters. The Morgan fingerprint density at radius 3 is 2.66 bits per heavy atom. The lowest BCUT2D eigenvalue weighted by atomic mass is 10.1. The molecule has 2 heterocycles. The number of anilines is 1. The minimum absolute atomic E-state index is 0.117. The van der Waals surface area contributed by atoms with E-state index in [0.717, 1.165) is 64.5 Å². The van der Waals surface area contributed by atoms with Crippen molar-refractivity contribution in [3.8, 4) is 0 Å². The summed E-state index contributed by atoms with van der Waals surface area (Å²) in [5.41, 5.74) is 7.43. The zero-order valence-electron chi connectivity index (χ0n) is 17.5. The van der Waals surface area contributed by atoms with Gasteiger partial charge in [-0.05, 0) is 55.5 Å². The molecule has 1 aromatic carbocycles. The van der Waals surface area contributed by atoms with Gasteiger partial charge in [0.2, 0.25) is 10.0 Å². The van der Waals surface area contributed by atoms with Crippen LogP contribution in [0.1, 0.15) is 35.5 Å². The molecule has 2 aromatic heterocycles. The van der Waals surface area contributed by atoms with Crippen LogP contribution in [0.4, 0.5) is 10.2 Å². The molecule has 8 nitrogen and oxygen atoms in total. The fourth-order valence-electron chi connectivity index (χ4n) is 3.72. The van der Waals surface area contributed by atoms with Crippen LogP contribution in [0.2, 0.25) is 0 Å². The van der Waals surface area contributed by atoms with Gasteiger partial charge >= 0.3 is 5.97 Å². The normalized spacial score (nSPS) is 14.3. The number of ether oxygens (including phenoxy) is 1. The summed E-state index contributed by atoms with van der Waals surface area (Å²) < 4.78 is 44.1. The Bertz CT molecular complexity index is 1260. The van der Waals surface area contributed by atoms with Crippen LogP contribution in [0.5, 0.6) is 0 Å². The Hall–Kier alpha value is -2.63. The van der Waals surface area contributed by atoms with Crippen LogP contribution in [0.15, 0.2) is 29.2 Å². The first kappa shape index (κ1) is 22.6. The fourth-order valence-corrected chi connectivity index (χ4v) is 6.12. The zero-order chi connectivity index (χ0) is 22.9. The second-order valence-electron chi connectivity index (χ2n) is 7.65. The molecule has 11 heteroatoms. The lowest BCUT2D eigenvalue weighted by Gasteiger charge is -2.16. The van der Waals surface area contributed by atoms with E-state index in [4.69, 9.17) is 10.5 Å². The summed E-state index contributed by atoms with van der Waals surface area (Å²) in [6.45, 7) is -0.725. The van der Waals surface area contributed by atoms with Gasteiger partial charge in [-0.1, -0.05) is 6.42 Å². The number of carbonyl (C=O) groups excluding carboxylic acids is 1. The third-order valence-corrected chi connectivity index (χ3v) is 8.38. The van der Waals surface area contributed by atoms with E-state index >= 15 is 0 Å². The Morgan fingerprint density at radius 1 is 1.19 bits per heavy atom. The third kappa shape index (κ3) is 4.59. The molecule has 0 fully saturated rings. The monoisotopic (exact) mass is 478 g/mol. The number of sulfonamides is 1. The molecule has 0 amide bonds. The number of thiophene rings is 1. The van der Waals surface area contributed by atoms with Gasteiger partial charge in [-0.15, -0.1) is 11.3 Å². The molecule has 0 bridgehead atoms. The first-order chi connectivity index (χ1) is 15.3. The summed E-state index contributed by atoms with van der Waals surface area (Å²) in [7, 11) is -2.71. The number of benzene rings is 1. The SMILES string of the molecule is CN(CC(=O)OCc1nc(N)c2c3c(sc2n1)CCCCC3)S(=O)(=O)c1ccc(F)cc1. The molecular weight excluding hydrogens is 455 g/mol. The van der Waals surface area contributed by atoms with Crippen molar-refractivity contribution in [3.63, 3.8) is 0 Å². The Kier molecular flexibility index (Phi) is 6.40. The van der Waals surface area contributed by atoms with E-state index in [1.165, 1.54) is 23.9 Å². The number of esters is 1. The van der Waals surface area contributed by atoms with Crippen LogP contribution in [0, 0.1) is 5.82 Å². The molecule has 170 valence electrons. The summed E-state index contributed by atoms with van der Waals surface area (Å²) in [6, 6.07) is 4.37. The number of halogens is 1. The summed E-state index contributed by atoms with van der Waals surface area (Å²) in [4.78, 5) is 23.0. The number of likely N-dealkylation sites (N-methyl/N-ethyl adjacent to an activating group) is 1. The average molecular weight is 479 g/mol. The number of nitrogens with two attached hydrogens (primary N) is 1. The smallest absolute Gasteiger partial charge is 0.321 e. The van der Waals surface area contributed by atoms with Crippen molar-refractivity contribution >= 4 is 43.4 Å². The van der Waals surface area contributed by atoms with Crippen molar-refractivity contribution in [3.05, 3.63) is 46.3 Å². The van der Waals surface area contributed by atoms with Crippen molar-refractivity contribution in [2.24, 2.45) is 0 Å². The number of aromatic nitrogens is 2. The van der Waals surface area contributed by atoms with Gasteiger partial charge in [0.15, 0.2) is 12.4 Å². The fraction of sp³-hybridized carbons (Fsp3) is 0.381. The van der Waals surface area contributed by atoms with Crippen molar-refractivity contribution in [1.29, 1.82) is 0 Å². The standard InChI is InChI=1S/C21H23FN4O4S2/c1-26(32(28,29)14-9-7-13(22)8-10-14)11-18(27)30-12-17-24-20(23)19-15-5-3-2-4-6-16(15)31-21(19)25-17/h7-10H,2-6,11-12H2,1H3,(H2,23,24,25). The number of nitrogens with zero attached hydrogens (tertiary/aromatic N) is 3. The van der Waals surface area contributed by atoms with E-state index in [-0.39, 0.29) is 17.3 Å². The lowest BCUT2D eigenvalue weighted by molar-refractivity contribution is -0.145. The van der Waals surface area contributed by atoms with E-state index in [1.807, 2.05) is 0 Å². The molecular formula is C21H23FN4O4S2. The number of nitrogen functional groups attached to an aromatic ring is 1. The van der Waals surface area contributed by atoms with Crippen molar-refractivity contribution in [2.45, 2.75) is 43.6 Å². The van der Waals surface area contributed by atoms with Crippen LogP contribution < -0.4 is 5.73 Å². The topological polar surface area (TPSA) is 115 Å². The molecule has 0 aliphatic heterocycles. The van der Waals surface area contributed by atoms with Gasteiger partial charge in [0, 0.05) is 11.9 Å². The molecule has 0 atom stereocenters. The van der Waals surface area contributed by atoms with Gasteiger partial charge in [-0.25, -0.2) is 22.8 Å². The second kappa shape index (κ2) is 9.08. The Morgan fingerprint density at radius 2 is 1.91 bits per heavy atom. The number of carbonyl (C=O) groups is 1. The zero-order valence-corrected chi connectivity index (χ0v) is 19.1. The van der Waals surface area contributed by atoms with Gasteiger partial charge < -0.3 is 10.5 Å². The van der Waals surface area contributed by atoms with E-state index in [1.54, 1.807) is 11.3 Å². The molecule has 0 spiro atoms. The predicted molar refractivity (Wildman–Crippen MR) is 119 cm³/mol. The maximum absolute atomic E-state index is 13.1. The molecule has 0 saturated carbocycles. The minimum Gasteiger partial charge on any atom is -0.456 e. The number of fused-ring (bicyclic) bond motifs is 3. The van der Waals surface area contributed by atoms with E-state index in [2.05, 4.69) is 9.97 Å². The van der Waals surface area contributed by atoms with Crippen LogP contribution in [-0.4, -0.2) is 42.3 Å². The molecule has 4 rings (SSSR count). The van der Waals surface area contributed by atoms with Crippen molar-refractivity contribution in [2.75, 3.05) is 19.3 Å². The Balaban J connectivity index is 1.43. The minimum atomic E-state index is -3.96. The summed E-state index contributed by atoms with van der Waals surface area (Å²) in [5, 5.41) is 0.895. The molecule has 2 N–H and O–H groups in total.